The van der Waals surface area contributed by atoms with Crippen molar-refractivity contribution in [3.05, 3.63) is 30.1 Å². The molecular weight excluding hydrogens is 277 g/mol. The Morgan fingerprint density at radius 2 is 2.06 bits per heavy atom. The van der Waals surface area contributed by atoms with E-state index in [-0.39, 0.29) is 16.9 Å². The van der Waals surface area contributed by atoms with Crippen molar-refractivity contribution in [3.63, 3.8) is 0 Å². The van der Waals surface area contributed by atoms with Gasteiger partial charge in [-0.05, 0) is 30.5 Å². The maximum absolute atomic E-state index is 13.0. The molecule has 0 aromatic heterocycles. The summed E-state index contributed by atoms with van der Waals surface area (Å²) in [5.41, 5.74) is 0. The van der Waals surface area contributed by atoms with Crippen LogP contribution in [0.2, 0.25) is 0 Å². The third-order valence-electron chi connectivity index (χ3n) is 2.64. The first-order valence-electron chi connectivity index (χ1n) is 5.70. The summed E-state index contributed by atoms with van der Waals surface area (Å²) in [5, 5.41) is 0. The third-order valence-corrected chi connectivity index (χ3v) is 4.34. The smallest absolute Gasteiger partial charge is 0.208 e. The molecule has 3 nitrogen and oxygen atoms in total. The summed E-state index contributed by atoms with van der Waals surface area (Å²) >= 11 is 5.65. The van der Waals surface area contributed by atoms with Crippen LogP contribution in [0.4, 0.5) is 4.39 Å². The van der Waals surface area contributed by atoms with E-state index in [9.17, 15) is 12.8 Å². The van der Waals surface area contributed by atoms with Crippen LogP contribution in [0.1, 0.15) is 20.3 Å². The van der Waals surface area contributed by atoms with Crippen LogP contribution in [0.5, 0.6) is 0 Å². The van der Waals surface area contributed by atoms with Gasteiger partial charge in [-0.15, -0.1) is 11.6 Å². The molecule has 0 bridgehead atoms. The zero-order valence-electron chi connectivity index (χ0n) is 10.4. The van der Waals surface area contributed by atoms with E-state index in [1.807, 2.05) is 13.8 Å². The number of alkyl halides is 1. The molecule has 0 heterocycles. The molecule has 1 aromatic rings. The predicted molar refractivity (Wildman–Crippen MR) is 70.7 cm³/mol. The van der Waals surface area contributed by atoms with Gasteiger partial charge in [0, 0.05) is 11.9 Å². The van der Waals surface area contributed by atoms with Gasteiger partial charge in [0.05, 0.1) is 4.90 Å². The topological polar surface area (TPSA) is 46.2 Å². The van der Waals surface area contributed by atoms with E-state index in [0.717, 1.165) is 6.07 Å². The lowest BCUT2D eigenvalue weighted by Gasteiger charge is -2.21. The number of hydrogen-bond acceptors (Lipinski definition) is 2. The Balaban J connectivity index is 2.93. The number of nitrogens with one attached hydrogen (secondary N) is 1. The molecule has 0 aliphatic carbocycles. The summed E-state index contributed by atoms with van der Waals surface area (Å²) in [6.07, 6.45) is 0.535. The van der Waals surface area contributed by atoms with Gasteiger partial charge in [0.15, 0.2) is 0 Å². The van der Waals surface area contributed by atoms with E-state index in [0.29, 0.717) is 12.3 Å². The summed E-state index contributed by atoms with van der Waals surface area (Å²) in [5.74, 6) is -0.0856. The van der Waals surface area contributed by atoms with Gasteiger partial charge in [0.1, 0.15) is 5.82 Å². The highest BCUT2D eigenvalue weighted by atomic mass is 35.5. The zero-order valence-corrected chi connectivity index (χ0v) is 11.9. The van der Waals surface area contributed by atoms with E-state index >= 15 is 0 Å². The van der Waals surface area contributed by atoms with Crippen LogP contribution in [-0.2, 0) is 10.0 Å². The van der Waals surface area contributed by atoms with Crippen LogP contribution in [0, 0.1) is 11.7 Å². The molecule has 0 saturated heterocycles. The van der Waals surface area contributed by atoms with E-state index in [4.69, 9.17) is 11.6 Å². The number of sulfonamides is 1. The van der Waals surface area contributed by atoms with Crippen molar-refractivity contribution < 1.29 is 12.8 Å². The van der Waals surface area contributed by atoms with Crippen molar-refractivity contribution in [1.29, 1.82) is 0 Å². The summed E-state index contributed by atoms with van der Waals surface area (Å²) in [6.45, 7) is 3.82. The average molecular weight is 294 g/mol. The standard InChI is InChI=1S/C12H17ClFNO2S/c1-9(2)12(6-7-13)15-18(16,17)11-5-3-4-10(14)8-11/h3-5,8-9,12,15H,6-7H2,1-2H3. The Hall–Kier alpha value is -0.650. The molecule has 1 N–H and O–H groups in total. The highest BCUT2D eigenvalue weighted by molar-refractivity contribution is 7.89. The van der Waals surface area contributed by atoms with Crippen LogP contribution in [0.25, 0.3) is 0 Å². The maximum Gasteiger partial charge on any atom is 0.240 e. The highest BCUT2D eigenvalue weighted by Crippen LogP contribution is 2.15. The summed E-state index contributed by atoms with van der Waals surface area (Å²) < 4.78 is 39.7. The molecule has 18 heavy (non-hydrogen) atoms. The van der Waals surface area contributed by atoms with Gasteiger partial charge >= 0.3 is 0 Å². The molecule has 0 fully saturated rings. The molecule has 1 unspecified atom stereocenters. The lowest BCUT2D eigenvalue weighted by molar-refractivity contribution is 0.438. The molecule has 0 aliphatic heterocycles. The first kappa shape index (κ1) is 15.4. The van der Waals surface area contributed by atoms with Gasteiger partial charge in [-0.1, -0.05) is 19.9 Å². The van der Waals surface area contributed by atoms with Crippen molar-refractivity contribution >= 4 is 21.6 Å². The molecule has 0 aliphatic rings. The van der Waals surface area contributed by atoms with Crippen LogP contribution in [0.3, 0.4) is 0 Å². The molecule has 6 heteroatoms. The maximum atomic E-state index is 13.0. The molecule has 1 rings (SSSR count). The Kier molecular flexibility index (Phi) is 5.56. The monoisotopic (exact) mass is 293 g/mol. The van der Waals surface area contributed by atoms with Crippen molar-refractivity contribution in [1.82, 2.24) is 4.72 Å². The number of benzene rings is 1. The molecule has 1 atom stereocenters. The second kappa shape index (κ2) is 6.50. The fourth-order valence-electron chi connectivity index (χ4n) is 1.55. The van der Waals surface area contributed by atoms with Gasteiger partial charge in [0.2, 0.25) is 10.0 Å². The zero-order chi connectivity index (χ0) is 13.8. The minimum atomic E-state index is -3.70. The fraction of sp³-hybridized carbons (Fsp3) is 0.500. The molecule has 0 amide bonds. The summed E-state index contributed by atoms with van der Waals surface area (Å²) in [7, 11) is -3.70. The number of hydrogen-bond donors (Lipinski definition) is 1. The summed E-state index contributed by atoms with van der Waals surface area (Å²) in [4.78, 5) is -0.0669. The van der Waals surface area contributed by atoms with Crippen LogP contribution < -0.4 is 4.72 Å². The Labute approximate surface area is 112 Å². The van der Waals surface area contributed by atoms with E-state index in [2.05, 4.69) is 4.72 Å². The molecular formula is C12H17ClFNO2S. The van der Waals surface area contributed by atoms with E-state index in [1.165, 1.54) is 18.2 Å². The number of halogens is 2. The fourth-order valence-corrected chi connectivity index (χ4v) is 3.23. The largest absolute Gasteiger partial charge is 0.240 e. The second-order valence-corrected chi connectivity index (χ2v) is 6.50. The van der Waals surface area contributed by atoms with Crippen LogP contribution >= 0.6 is 11.6 Å². The normalized spacial score (nSPS) is 13.8. The Bertz CT molecular complexity index is 491. The van der Waals surface area contributed by atoms with E-state index in [1.54, 1.807) is 0 Å². The first-order valence-corrected chi connectivity index (χ1v) is 7.72. The highest BCUT2D eigenvalue weighted by Gasteiger charge is 2.22. The van der Waals surface area contributed by atoms with Gasteiger partial charge in [0.25, 0.3) is 0 Å². The lowest BCUT2D eigenvalue weighted by atomic mass is 10.0. The minimum absolute atomic E-state index is 0.0669. The average Bonchev–Trinajstić information content (AvgIpc) is 2.28. The van der Waals surface area contributed by atoms with Gasteiger partial charge < -0.3 is 0 Å². The number of rotatable bonds is 6. The minimum Gasteiger partial charge on any atom is -0.208 e. The molecule has 0 radical (unpaired) electrons. The summed E-state index contributed by atoms with van der Waals surface area (Å²) in [6, 6.07) is 4.69. The molecule has 1 aromatic carbocycles. The van der Waals surface area contributed by atoms with Crippen LogP contribution in [0.15, 0.2) is 29.2 Å². The van der Waals surface area contributed by atoms with Crippen molar-refractivity contribution in [2.24, 2.45) is 5.92 Å². The lowest BCUT2D eigenvalue weighted by Crippen LogP contribution is -2.38. The van der Waals surface area contributed by atoms with Crippen molar-refractivity contribution in [3.8, 4) is 0 Å². The van der Waals surface area contributed by atoms with Crippen molar-refractivity contribution in [2.75, 3.05) is 5.88 Å². The van der Waals surface area contributed by atoms with Gasteiger partial charge in [-0.3, -0.25) is 0 Å². The SMILES string of the molecule is CC(C)C(CCCl)NS(=O)(=O)c1cccc(F)c1. The van der Waals surface area contributed by atoms with Crippen molar-refractivity contribution in [2.45, 2.75) is 31.2 Å². The first-order chi connectivity index (χ1) is 8.36. The Morgan fingerprint density at radius 1 is 1.39 bits per heavy atom. The van der Waals surface area contributed by atoms with Gasteiger partial charge in [-0.25, -0.2) is 17.5 Å². The third kappa shape index (κ3) is 4.23. The molecule has 0 spiro atoms. The van der Waals surface area contributed by atoms with Crippen LogP contribution in [-0.4, -0.2) is 20.3 Å². The predicted octanol–water partition coefficient (Wildman–Crippen LogP) is 2.76. The Morgan fingerprint density at radius 3 is 2.56 bits per heavy atom. The second-order valence-electron chi connectivity index (χ2n) is 4.41. The van der Waals surface area contributed by atoms with Gasteiger partial charge in [-0.2, -0.15) is 0 Å². The molecule has 102 valence electrons. The quantitative estimate of drug-likeness (QED) is 0.820. The van der Waals surface area contributed by atoms with E-state index < -0.39 is 15.8 Å². The molecule has 0 saturated carbocycles.